The number of rotatable bonds is 7. The van der Waals surface area contributed by atoms with Crippen molar-refractivity contribution in [2.45, 2.75) is 84.0 Å². The van der Waals surface area contributed by atoms with Gasteiger partial charge in [-0.05, 0) is 41.2 Å². The number of benzene rings is 5. The van der Waals surface area contributed by atoms with E-state index in [-0.39, 0.29) is 20.1 Å². The van der Waals surface area contributed by atoms with Gasteiger partial charge in [-0.1, -0.05) is 87.2 Å². The number of aromatic nitrogens is 3. The molecule has 0 aliphatic rings. The first-order chi connectivity index (χ1) is 26.2. The van der Waals surface area contributed by atoms with Crippen LogP contribution < -0.4 is 4.40 Å². The second kappa shape index (κ2) is 16.7. The molecule has 0 saturated carbocycles. The van der Waals surface area contributed by atoms with Gasteiger partial charge in [0.05, 0.1) is 22.4 Å². The number of imidazole rings is 1. The largest absolute Gasteiger partial charge is 0.501 e. The van der Waals surface area contributed by atoms with Crippen LogP contribution in [-0.2, 0) is 26.5 Å². The fraction of sp³-hybridized carbons (Fsp3) is 0.280. The Morgan fingerprint density at radius 2 is 1.43 bits per heavy atom. The normalized spacial score (nSPS) is 12.0. The standard InChI is InChI=1S/C31H27N2O.C19H26GeN.Ir/c1-19(2)21-12-9-13-22(20(3)4)29(21)33-27-17-7-6-16-26(27)32-31(33)25-15-10-14-24-23-11-5-8-18-28(23)34-30(24)25;1-19(2,3)13-16-12-18(15-10-8-7-9-11-15)21-14-17(16)20(4,5)6;/h5-14,16-20H,1-4H3;7-10,12,14H,13H2,1-6H3;/q2*-1;. The average Bonchev–Trinajstić information content (AvgIpc) is 3.73. The van der Waals surface area contributed by atoms with Crippen molar-refractivity contribution < 1.29 is 24.5 Å². The number of para-hydroxylation sites is 4. The van der Waals surface area contributed by atoms with Gasteiger partial charge in [-0.15, -0.1) is 18.2 Å². The molecule has 1 radical (unpaired) electrons. The van der Waals surface area contributed by atoms with Crippen LogP contribution in [0.15, 0.2) is 120 Å². The number of hydrogen-bond acceptors (Lipinski definition) is 3. The third-order valence-electron chi connectivity index (χ3n) is 10.2. The molecule has 5 aromatic carbocycles. The maximum Gasteiger partial charge on any atom is 0.120 e. The minimum absolute atomic E-state index is 0. The van der Waals surface area contributed by atoms with E-state index in [2.05, 4.69) is 155 Å². The first-order valence-corrected chi connectivity index (χ1v) is 26.9. The Bertz CT molecular complexity index is 2580. The minimum atomic E-state index is -1.90. The van der Waals surface area contributed by atoms with E-state index in [0.29, 0.717) is 17.3 Å². The average molecular weight is 977 g/mol. The predicted octanol–water partition coefficient (Wildman–Crippen LogP) is 13.3. The molecule has 0 fully saturated rings. The molecule has 56 heavy (non-hydrogen) atoms. The minimum Gasteiger partial charge on any atom is -0.501 e. The smallest absolute Gasteiger partial charge is 0.120 e. The molecular weight excluding hydrogens is 923 g/mol. The van der Waals surface area contributed by atoms with Crippen LogP contribution >= 0.6 is 0 Å². The van der Waals surface area contributed by atoms with Gasteiger partial charge < -0.3 is 8.98 Å². The molecule has 289 valence electrons. The van der Waals surface area contributed by atoms with Gasteiger partial charge in [0.2, 0.25) is 0 Å². The van der Waals surface area contributed by atoms with Crippen LogP contribution in [0.25, 0.3) is 61.3 Å². The Morgan fingerprint density at radius 1 is 0.750 bits per heavy atom. The molecule has 8 rings (SSSR count). The molecule has 6 heteroatoms. The second-order valence-electron chi connectivity index (χ2n) is 17.5. The molecule has 0 N–H and O–H groups in total. The molecule has 0 saturated heterocycles. The van der Waals surface area contributed by atoms with E-state index < -0.39 is 13.3 Å². The van der Waals surface area contributed by atoms with Crippen LogP contribution in [-0.4, -0.2) is 27.8 Å². The summed E-state index contributed by atoms with van der Waals surface area (Å²) in [7, 11) is 0. The van der Waals surface area contributed by atoms with Gasteiger partial charge in [0.1, 0.15) is 5.58 Å². The van der Waals surface area contributed by atoms with E-state index in [1.54, 1.807) is 0 Å². The van der Waals surface area contributed by atoms with Crippen LogP contribution in [0.4, 0.5) is 0 Å². The Labute approximate surface area is 349 Å². The van der Waals surface area contributed by atoms with E-state index in [9.17, 15) is 0 Å². The molecule has 0 aliphatic heterocycles. The number of hydrogen-bond donors (Lipinski definition) is 0. The van der Waals surface area contributed by atoms with Crippen LogP contribution in [0.3, 0.4) is 0 Å². The van der Waals surface area contributed by atoms with Crippen molar-refractivity contribution >= 4 is 50.6 Å². The summed E-state index contributed by atoms with van der Waals surface area (Å²) in [4.78, 5) is 9.87. The van der Waals surface area contributed by atoms with Gasteiger partial charge in [0, 0.05) is 31.2 Å². The van der Waals surface area contributed by atoms with Crippen LogP contribution in [0, 0.1) is 17.5 Å². The van der Waals surface area contributed by atoms with Crippen molar-refractivity contribution in [2.75, 3.05) is 0 Å². The van der Waals surface area contributed by atoms with Crippen molar-refractivity contribution in [1.29, 1.82) is 0 Å². The number of fused-ring (bicyclic) bond motifs is 4. The van der Waals surface area contributed by atoms with Gasteiger partial charge in [0.15, 0.2) is 0 Å². The zero-order chi connectivity index (χ0) is 39.1. The van der Waals surface area contributed by atoms with Gasteiger partial charge in [-0.25, -0.2) is 0 Å². The molecular formula is C50H53GeIrN3O-2. The molecule has 0 bridgehead atoms. The van der Waals surface area contributed by atoms with Crippen molar-refractivity contribution in [1.82, 2.24) is 14.5 Å². The van der Waals surface area contributed by atoms with Crippen LogP contribution in [0.5, 0.6) is 0 Å². The summed E-state index contributed by atoms with van der Waals surface area (Å²) >= 11 is -1.90. The number of pyridine rings is 1. The Hall–Kier alpha value is -4.29. The van der Waals surface area contributed by atoms with Gasteiger partial charge >= 0.3 is 132 Å². The maximum atomic E-state index is 6.40. The molecule has 8 aromatic rings. The molecule has 0 amide bonds. The fourth-order valence-electron chi connectivity index (χ4n) is 7.64. The van der Waals surface area contributed by atoms with Gasteiger partial charge in [0.25, 0.3) is 0 Å². The van der Waals surface area contributed by atoms with E-state index in [0.717, 1.165) is 62.0 Å². The first-order valence-electron chi connectivity index (χ1n) is 19.6. The van der Waals surface area contributed by atoms with E-state index in [1.807, 2.05) is 42.5 Å². The first kappa shape index (κ1) is 41.3. The Balaban J connectivity index is 0.000000209. The van der Waals surface area contributed by atoms with Crippen molar-refractivity contribution in [3.05, 3.63) is 144 Å². The molecule has 3 aromatic heterocycles. The predicted molar refractivity (Wildman–Crippen MR) is 235 cm³/mol. The Kier molecular flexibility index (Phi) is 12.3. The summed E-state index contributed by atoms with van der Waals surface area (Å²) in [5, 5.41) is 2.20. The monoisotopic (exact) mass is 978 g/mol. The summed E-state index contributed by atoms with van der Waals surface area (Å²) < 4.78 is 10.3. The molecule has 3 heterocycles. The maximum absolute atomic E-state index is 6.40. The van der Waals surface area contributed by atoms with Crippen molar-refractivity contribution in [3.8, 4) is 28.3 Å². The van der Waals surface area contributed by atoms with Crippen LogP contribution in [0.2, 0.25) is 17.3 Å². The third kappa shape index (κ3) is 8.51. The van der Waals surface area contributed by atoms with Gasteiger partial charge in [-0.3, -0.25) is 4.98 Å². The third-order valence-corrected chi connectivity index (χ3v) is 14.5. The summed E-state index contributed by atoms with van der Waals surface area (Å²) in [5.74, 6) is 8.93. The number of furan rings is 1. The van der Waals surface area contributed by atoms with Gasteiger partial charge in [-0.2, -0.15) is 0 Å². The summed E-state index contributed by atoms with van der Waals surface area (Å²) in [6.07, 6.45) is 3.24. The van der Waals surface area contributed by atoms with Crippen molar-refractivity contribution in [3.63, 3.8) is 0 Å². The molecule has 0 unspecified atom stereocenters. The van der Waals surface area contributed by atoms with Crippen LogP contribution in [0.1, 0.15) is 77.0 Å². The SMILES string of the molecule is CC(C)(C)Cc1cc(-c2[c-]cccc2)nc[c]1[Ge]([CH3])([CH3])[CH3].CC(C)c1cccc(C(C)C)c1-n1c(-c2[c-]ccc3c2oc2ccccc23)nc2ccccc21.[Ir]. The van der Waals surface area contributed by atoms with E-state index in [1.165, 1.54) is 26.8 Å². The zero-order valence-electron chi connectivity index (χ0n) is 34.4. The summed E-state index contributed by atoms with van der Waals surface area (Å²) in [6.45, 7) is 16.0. The Morgan fingerprint density at radius 3 is 2.09 bits per heavy atom. The zero-order valence-corrected chi connectivity index (χ0v) is 38.9. The van der Waals surface area contributed by atoms with E-state index >= 15 is 0 Å². The summed E-state index contributed by atoms with van der Waals surface area (Å²) in [5.41, 5.74) is 12.4. The molecule has 0 spiro atoms. The fourth-order valence-corrected chi connectivity index (χ4v) is 10.9. The quantitative estimate of drug-likeness (QED) is 0.118. The topological polar surface area (TPSA) is 43.9 Å². The second-order valence-corrected chi connectivity index (χ2v) is 28.1. The molecule has 4 nitrogen and oxygen atoms in total. The molecule has 0 atom stereocenters. The van der Waals surface area contributed by atoms with Crippen molar-refractivity contribution in [2.24, 2.45) is 5.41 Å². The number of nitrogens with zero attached hydrogens (tertiary/aromatic N) is 3. The molecule has 0 aliphatic carbocycles. The van der Waals surface area contributed by atoms with E-state index in [4.69, 9.17) is 14.4 Å². The summed E-state index contributed by atoms with van der Waals surface area (Å²) in [6, 6.07) is 44.5.